The average molecular weight is 398 g/mol. The van der Waals surface area contributed by atoms with Crippen molar-refractivity contribution in [3.8, 4) is 0 Å². The summed E-state index contributed by atoms with van der Waals surface area (Å²) < 4.78 is 1.68. The highest BCUT2D eigenvalue weighted by atomic mass is 32.2. The number of unbranched alkanes of at least 4 members (excludes halogenated alkanes) is 1. The van der Waals surface area contributed by atoms with Crippen LogP contribution in [-0.2, 0) is 11.3 Å². The summed E-state index contributed by atoms with van der Waals surface area (Å²) in [6.07, 6.45) is 2.07. The van der Waals surface area contributed by atoms with Crippen molar-refractivity contribution in [3.05, 3.63) is 54.1 Å². The molecule has 0 saturated heterocycles. The number of anilines is 1. The van der Waals surface area contributed by atoms with Crippen LogP contribution in [0.1, 0.15) is 30.1 Å². The fourth-order valence-electron chi connectivity index (χ4n) is 2.95. The molecule has 2 aromatic carbocycles. The molecule has 28 heavy (non-hydrogen) atoms. The van der Waals surface area contributed by atoms with Crippen LogP contribution in [-0.4, -0.2) is 39.3 Å². The quantitative estimate of drug-likeness (QED) is 0.453. The Morgan fingerprint density at radius 1 is 1.14 bits per heavy atom. The number of aliphatic carboxylic acids is 1. The molecular weight excluding hydrogens is 374 g/mol. The summed E-state index contributed by atoms with van der Waals surface area (Å²) in [4.78, 5) is 30.7. The number of aromatic nitrogens is 2. The number of nitrogens with zero attached hydrogens (tertiary/aromatic N) is 3. The van der Waals surface area contributed by atoms with E-state index in [1.807, 2.05) is 36.4 Å². The molecule has 3 aromatic rings. The molecule has 146 valence electrons. The maximum atomic E-state index is 13.1. The highest BCUT2D eigenvalue weighted by molar-refractivity contribution is 7.99. The van der Waals surface area contributed by atoms with Crippen molar-refractivity contribution in [1.29, 1.82) is 0 Å². The first-order valence-electron chi connectivity index (χ1n) is 9.20. The van der Waals surface area contributed by atoms with E-state index in [4.69, 9.17) is 0 Å². The minimum Gasteiger partial charge on any atom is -0.480 e. The summed E-state index contributed by atoms with van der Waals surface area (Å²) in [5.41, 5.74) is 2.45. The van der Waals surface area contributed by atoms with Crippen LogP contribution in [0.15, 0.2) is 53.7 Å². The van der Waals surface area contributed by atoms with Crippen molar-refractivity contribution in [2.24, 2.45) is 0 Å². The van der Waals surface area contributed by atoms with Gasteiger partial charge in [-0.15, -0.1) is 0 Å². The van der Waals surface area contributed by atoms with Crippen molar-refractivity contribution < 1.29 is 14.7 Å². The third-order valence-electron chi connectivity index (χ3n) is 4.44. The molecule has 0 atom stereocenters. The number of para-hydroxylation sites is 2. The largest absolute Gasteiger partial charge is 0.480 e. The van der Waals surface area contributed by atoms with Gasteiger partial charge in [-0.05, 0) is 30.7 Å². The third-order valence-corrected chi connectivity index (χ3v) is 5.51. The lowest BCUT2D eigenvalue weighted by molar-refractivity contribution is -0.137. The monoisotopic (exact) mass is 397 g/mol. The van der Waals surface area contributed by atoms with Gasteiger partial charge in [0.15, 0.2) is 5.16 Å². The van der Waals surface area contributed by atoms with Crippen molar-refractivity contribution >= 4 is 40.4 Å². The Bertz CT molecular complexity index is 985. The van der Waals surface area contributed by atoms with Crippen LogP contribution in [0.4, 0.5) is 5.69 Å². The third kappa shape index (κ3) is 4.20. The minimum absolute atomic E-state index is 0.179. The lowest BCUT2D eigenvalue weighted by Crippen LogP contribution is -2.26. The Labute approximate surface area is 168 Å². The molecule has 0 aliphatic rings. The van der Waals surface area contributed by atoms with E-state index in [-0.39, 0.29) is 12.5 Å². The molecule has 1 N–H and O–H groups in total. The van der Waals surface area contributed by atoms with Gasteiger partial charge in [-0.3, -0.25) is 9.59 Å². The van der Waals surface area contributed by atoms with E-state index in [1.54, 1.807) is 28.6 Å². The highest BCUT2D eigenvalue weighted by Crippen LogP contribution is 2.28. The molecule has 0 spiro atoms. The number of carboxylic acids is 1. The zero-order valence-corrected chi connectivity index (χ0v) is 16.8. The summed E-state index contributed by atoms with van der Waals surface area (Å²) in [5, 5.41) is 9.96. The predicted molar refractivity (Wildman–Crippen MR) is 112 cm³/mol. The second kappa shape index (κ2) is 8.93. The molecule has 6 nitrogen and oxygen atoms in total. The van der Waals surface area contributed by atoms with E-state index in [0.717, 1.165) is 24.3 Å². The molecule has 0 fully saturated rings. The zero-order valence-electron chi connectivity index (χ0n) is 16.0. The lowest BCUT2D eigenvalue weighted by atomic mass is 10.1. The number of carboxylic acid groups (broad SMARTS) is 1. The van der Waals surface area contributed by atoms with Crippen LogP contribution in [0.2, 0.25) is 0 Å². The molecular formula is C21H23N3O3S. The Balaban J connectivity index is 2.03. The molecule has 0 aliphatic carbocycles. The molecule has 1 heterocycles. The summed E-state index contributed by atoms with van der Waals surface area (Å²) in [5.74, 6) is -0.260. The van der Waals surface area contributed by atoms with E-state index in [9.17, 15) is 14.7 Å². The number of benzene rings is 2. The number of carbonyl (C=O) groups is 2. The minimum atomic E-state index is -0.935. The molecule has 0 aliphatic heterocycles. The molecule has 0 saturated carbocycles. The number of amides is 1. The number of thioether (sulfide) groups is 1. The van der Waals surface area contributed by atoms with Gasteiger partial charge in [0.1, 0.15) is 12.1 Å². The van der Waals surface area contributed by atoms with Gasteiger partial charge in [-0.25, -0.2) is 4.98 Å². The van der Waals surface area contributed by atoms with Crippen LogP contribution >= 0.6 is 11.8 Å². The number of imidazole rings is 1. The van der Waals surface area contributed by atoms with E-state index in [0.29, 0.717) is 21.8 Å². The first-order chi connectivity index (χ1) is 13.5. The maximum absolute atomic E-state index is 13.1. The van der Waals surface area contributed by atoms with Crippen LogP contribution in [0.3, 0.4) is 0 Å². The average Bonchev–Trinajstić information content (AvgIpc) is 3.04. The van der Waals surface area contributed by atoms with Crippen LogP contribution in [0, 0.1) is 0 Å². The number of fused-ring (bicyclic) bond motifs is 1. The first-order valence-corrected chi connectivity index (χ1v) is 10.2. The Morgan fingerprint density at radius 3 is 2.57 bits per heavy atom. The number of carbonyl (C=O) groups excluding carboxylic acids is 1. The molecule has 7 heteroatoms. The molecule has 0 bridgehead atoms. The smallest absolute Gasteiger partial charge is 0.323 e. The maximum Gasteiger partial charge on any atom is 0.323 e. The normalized spacial score (nSPS) is 10.9. The van der Waals surface area contributed by atoms with Gasteiger partial charge in [-0.1, -0.05) is 49.4 Å². The van der Waals surface area contributed by atoms with E-state index >= 15 is 0 Å². The van der Waals surface area contributed by atoms with Gasteiger partial charge in [0, 0.05) is 18.5 Å². The fourth-order valence-corrected chi connectivity index (χ4v) is 4.04. The second-order valence-electron chi connectivity index (χ2n) is 6.45. The standard InChI is InChI=1S/C21H23N3O3S/c1-3-4-13-28-21-22-19-16(11-8-12-17(19)24(21)14-18(25)26)20(27)23(2)15-9-6-5-7-10-15/h5-12H,3-4,13-14H2,1-2H3,(H,25,26). The lowest BCUT2D eigenvalue weighted by Gasteiger charge is -2.17. The van der Waals surface area contributed by atoms with Gasteiger partial charge in [0.25, 0.3) is 5.91 Å². The van der Waals surface area contributed by atoms with E-state index < -0.39 is 5.97 Å². The van der Waals surface area contributed by atoms with Crippen LogP contribution < -0.4 is 4.90 Å². The van der Waals surface area contributed by atoms with Gasteiger partial charge in [0.05, 0.1) is 11.1 Å². The topological polar surface area (TPSA) is 75.4 Å². The van der Waals surface area contributed by atoms with Gasteiger partial charge >= 0.3 is 5.97 Å². The second-order valence-corrected chi connectivity index (χ2v) is 7.51. The fraction of sp³-hybridized carbons (Fsp3) is 0.286. The summed E-state index contributed by atoms with van der Waals surface area (Å²) in [6, 6.07) is 14.7. The molecule has 0 radical (unpaired) electrons. The zero-order chi connectivity index (χ0) is 20.1. The molecule has 3 rings (SSSR count). The van der Waals surface area contributed by atoms with Crippen LogP contribution in [0.25, 0.3) is 11.0 Å². The van der Waals surface area contributed by atoms with E-state index in [1.165, 1.54) is 11.8 Å². The van der Waals surface area contributed by atoms with Gasteiger partial charge in [-0.2, -0.15) is 0 Å². The highest BCUT2D eigenvalue weighted by Gasteiger charge is 2.21. The van der Waals surface area contributed by atoms with Crippen LogP contribution in [0.5, 0.6) is 0 Å². The predicted octanol–water partition coefficient (Wildman–Crippen LogP) is 4.29. The van der Waals surface area contributed by atoms with Gasteiger partial charge in [0.2, 0.25) is 0 Å². The Hall–Kier alpha value is -2.80. The number of rotatable bonds is 8. The Morgan fingerprint density at radius 2 is 1.89 bits per heavy atom. The van der Waals surface area contributed by atoms with Crippen molar-refractivity contribution in [2.75, 3.05) is 17.7 Å². The van der Waals surface area contributed by atoms with Crippen molar-refractivity contribution in [3.63, 3.8) is 0 Å². The number of hydrogen-bond acceptors (Lipinski definition) is 4. The first kappa shape index (κ1) is 19.9. The summed E-state index contributed by atoms with van der Waals surface area (Å²) >= 11 is 1.53. The SMILES string of the molecule is CCCCSc1nc2c(C(=O)N(C)c3ccccc3)cccc2n1CC(=O)O. The number of hydrogen-bond donors (Lipinski definition) is 1. The van der Waals surface area contributed by atoms with Crippen molar-refractivity contribution in [1.82, 2.24) is 9.55 Å². The molecule has 0 unspecified atom stereocenters. The molecule has 1 aromatic heterocycles. The van der Waals surface area contributed by atoms with Crippen molar-refractivity contribution in [2.45, 2.75) is 31.5 Å². The molecule has 1 amide bonds. The van der Waals surface area contributed by atoms with Gasteiger partial charge < -0.3 is 14.6 Å². The Kier molecular flexibility index (Phi) is 6.36. The van der Waals surface area contributed by atoms with E-state index in [2.05, 4.69) is 11.9 Å². The summed E-state index contributed by atoms with van der Waals surface area (Å²) in [6.45, 7) is 1.92. The summed E-state index contributed by atoms with van der Waals surface area (Å²) in [7, 11) is 1.72.